The minimum atomic E-state index is -0.376. The Kier molecular flexibility index (Phi) is 5.33. The Labute approximate surface area is 183 Å². The zero-order valence-corrected chi connectivity index (χ0v) is 18.3. The van der Waals surface area contributed by atoms with E-state index >= 15 is 0 Å². The summed E-state index contributed by atoms with van der Waals surface area (Å²) in [5, 5.41) is 0.639. The molecular formula is C26H26ClNO2. The van der Waals surface area contributed by atoms with Crippen molar-refractivity contribution in [2.75, 3.05) is 11.5 Å². The molecule has 1 heterocycles. The van der Waals surface area contributed by atoms with Crippen molar-refractivity contribution in [1.29, 1.82) is 0 Å². The highest BCUT2D eigenvalue weighted by Gasteiger charge is 2.47. The average molecular weight is 420 g/mol. The number of benzene rings is 3. The summed E-state index contributed by atoms with van der Waals surface area (Å²) in [4.78, 5) is 15.2. The second-order valence-electron chi connectivity index (χ2n) is 8.68. The summed E-state index contributed by atoms with van der Waals surface area (Å²) in [6.07, 6.45) is 0.813. The van der Waals surface area contributed by atoms with Crippen LogP contribution in [0.4, 0.5) is 5.69 Å². The van der Waals surface area contributed by atoms with E-state index in [9.17, 15) is 4.79 Å². The second kappa shape index (κ2) is 7.81. The van der Waals surface area contributed by atoms with E-state index in [1.807, 2.05) is 29.2 Å². The third kappa shape index (κ3) is 3.70. The predicted molar refractivity (Wildman–Crippen MR) is 122 cm³/mol. The van der Waals surface area contributed by atoms with E-state index in [2.05, 4.69) is 51.1 Å². The van der Waals surface area contributed by atoms with Gasteiger partial charge in [-0.15, -0.1) is 0 Å². The Bertz CT molecular complexity index is 1050. The van der Waals surface area contributed by atoms with E-state index in [4.69, 9.17) is 16.3 Å². The lowest BCUT2D eigenvalue weighted by Gasteiger charge is -2.51. The summed E-state index contributed by atoms with van der Waals surface area (Å²) in [5.74, 6) is 0.572. The van der Waals surface area contributed by atoms with E-state index in [0.29, 0.717) is 10.8 Å². The molecule has 0 aromatic heterocycles. The Morgan fingerprint density at radius 2 is 1.57 bits per heavy atom. The van der Waals surface area contributed by atoms with Crippen molar-refractivity contribution < 1.29 is 9.53 Å². The van der Waals surface area contributed by atoms with Gasteiger partial charge < -0.3 is 9.64 Å². The van der Waals surface area contributed by atoms with Gasteiger partial charge in [-0.3, -0.25) is 4.79 Å². The van der Waals surface area contributed by atoms with Crippen LogP contribution in [0.25, 0.3) is 0 Å². The van der Waals surface area contributed by atoms with E-state index in [-0.39, 0.29) is 23.5 Å². The maximum Gasteiger partial charge on any atom is 0.265 e. The number of anilines is 1. The number of hydrogen-bond acceptors (Lipinski definition) is 2. The summed E-state index contributed by atoms with van der Waals surface area (Å²) in [5.41, 5.74) is 2.81. The van der Waals surface area contributed by atoms with Gasteiger partial charge in [0.1, 0.15) is 5.75 Å². The third-order valence-electron chi connectivity index (χ3n) is 5.97. The molecule has 154 valence electrons. The fourth-order valence-corrected chi connectivity index (χ4v) is 4.90. The lowest BCUT2D eigenvalue weighted by Crippen LogP contribution is -2.57. The Morgan fingerprint density at radius 3 is 2.27 bits per heavy atom. The van der Waals surface area contributed by atoms with Gasteiger partial charge in [0.2, 0.25) is 0 Å². The van der Waals surface area contributed by atoms with Crippen LogP contribution in [0.1, 0.15) is 38.3 Å². The first-order valence-corrected chi connectivity index (χ1v) is 10.6. The number of hydrogen-bond donors (Lipinski definition) is 0. The van der Waals surface area contributed by atoms with Crippen LogP contribution in [0.15, 0.2) is 78.9 Å². The molecule has 0 bridgehead atoms. The lowest BCUT2D eigenvalue weighted by molar-refractivity contribution is -0.121. The fraction of sp³-hybridized carbons (Fsp3) is 0.269. The summed E-state index contributed by atoms with van der Waals surface area (Å²) < 4.78 is 5.77. The molecule has 0 radical (unpaired) electrons. The highest BCUT2D eigenvalue weighted by atomic mass is 35.5. The van der Waals surface area contributed by atoms with Crippen molar-refractivity contribution in [3.63, 3.8) is 0 Å². The van der Waals surface area contributed by atoms with E-state index in [0.717, 1.165) is 17.7 Å². The molecule has 0 unspecified atom stereocenters. The zero-order valence-electron chi connectivity index (χ0n) is 17.6. The van der Waals surface area contributed by atoms with Crippen LogP contribution in [-0.2, 0) is 10.2 Å². The van der Waals surface area contributed by atoms with Crippen molar-refractivity contribution >= 4 is 23.2 Å². The standard InChI is InChI=1S/C26H26ClNO2/c1-25(2)18-26(3,19-9-5-4-6-10-19)22-11-7-8-12-23(22)28(25)24(29)17-30-21-15-13-20(27)14-16-21/h4-16H,17-18H2,1-3H3/t26-/m0/s1. The van der Waals surface area contributed by atoms with Gasteiger partial charge in [-0.2, -0.15) is 0 Å². The molecule has 3 nitrogen and oxygen atoms in total. The molecule has 1 atom stereocenters. The van der Waals surface area contributed by atoms with Gasteiger partial charge in [-0.05, 0) is 61.7 Å². The van der Waals surface area contributed by atoms with E-state index in [1.54, 1.807) is 24.3 Å². The SMILES string of the molecule is CC1(C)C[C@@](C)(c2ccccc2)c2ccccc2N1C(=O)COc1ccc(Cl)cc1. The summed E-state index contributed by atoms with van der Waals surface area (Å²) in [7, 11) is 0. The van der Waals surface area contributed by atoms with Crippen LogP contribution < -0.4 is 9.64 Å². The maximum absolute atomic E-state index is 13.3. The number of amides is 1. The zero-order chi connectivity index (χ0) is 21.4. The summed E-state index contributed by atoms with van der Waals surface area (Å²) >= 11 is 5.94. The molecule has 0 fully saturated rings. The van der Waals surface area contributed by atoms with Gasteiger partial charge >= 0.3 is 0 Å². The van der Waals surface area contributed by atoms with Crippen LogP contribution in [0.5, 0.6) is 5.75 Å². The predicted octanol–water partition coefficient (Wildman–Crippen LogP) is 6.24. The fourth-order valence-electron chi connectivity index (χ4n) is 4.78. The van der Waals surface area contributed by atoms with Crippen molar-refractivity contribution in [2.45, 2.75) is 38.1 Å². The maximum atomic E-state index is 13.3. The highest BCUT2D eigenvalue weighted by molar-refractivity contribution is 6.30. The van der Waals surface area contributed by atoms with E-state index < -0.39 is 0 Å². The minimum absolute atomic E-state index is 0.0263. The normalized spacial score (nSPS) is 19.8. The summed E-state index contributed by atoms with van der Waals surface area (Å²) in [6.45, 7) is 6.50. The van der Waals surface area contributed by atoms with Gasteiger partial charge in [0.15, 0.2) is 6.61 Å². The van der Waals surface area contributed by atoms with Crippen LogP contribution in [-0.4, -0.2) is 18.1 Å². The number of para-hydroxylation sites is 1. The molecule has 0 spiro atoms. The van der Waals surface area contributed by atoms with Gasteiger partial charge in [0, 0.05) is 21.7 Å². The highest BCUT2D eigenvalue weighted by Crippen LogP contribution is 2.50. The molecule has 1 aliphatic heterocycles. The number of nitrogens with zero attached hydrogens (tertiary/aromatic N) is 1. The molecule has 30 heavy (non-hydrogen) atoms. The van der Waals surface area contributed by atoms with Crippen molar-refractivity contribution in [3.05, 3.63) is 95.0 Å². The molecule has 4 rings (SSSR count). The van der Waals surface area contributed by atoms with E-state index in [1.165, 1.54) is 5.56 Å². The smallest absolute Gasteiger partial charge is 0.265 e. The first-order chi connectivity index (χ1) is 14.3. The number of fused-ring (bicyclic) bond motifs is 1. The molecule has 0 saturated heterocycles. The first-order valence-electron chi connectivity index (χ1n) is 10.2. The lowest BCUT2D eigenvalue weighted by atomic mass is 9.65. The van der Waals surface area contributed by atoms with Crippen molar-refractivity contribution in [1.82, 2.24) is 0 Å². The molecule has 1 amide bonds. The van der Waals surface area contributed by atoms with Crippen LogP contribution in [0.2, 0.25) is 5.02 Å². The van der Waals surface area contributed by atoms with Gasteiger partial charge in [-0.1, -0.05) is 67.1 Å². The molecule has 3 aromatic rings. The monoisotopic (exact) mass is 419 g/mol. The largest absolute Gasteiger partial charge is 0.484 e. The Morgan fingerprint density at radius 1 is 0.933 bits per heavy atom. The minimum Gasteiger partial charge on any atom is -0.484 e. The number of ether oxygens (including phenoxy) is 1. The number of carbonyl (C=O) groups is 1. The quantitative estimate of drug-likeness (QED) is 0.500. The van der Waals surface area contributed by atoms with Gasteiger partial charge in [0.25, 0.3) is 5.91 Å². The third-order valence-corrected chi connectivity index (χ3v) is 6.22. The van der Waals surface area contributed by atoms with Crippen LogP contribution in [0, 0.1) is 0 Å². The van der Waals surface area contributed by atoms with Gasteiger partial charge in [-0.25, -0.2) is 0 Å². The second-order valence-corrected chi connectivity index (χ2v) is 9.11. The van der Waals surface area contributed by atoms with Crippen molar-refractivity contribution in [2.24, 2.45) is 0 Å². The molecule has 0 saturated carbocycles. The molecule has 0 N–H and O–H groups in total. The number of rotatable bonds is 4. The van der Waals surface area contributed by atoms with Gasteiger partial charge in [0.05, 0.1) is 0 Å². The Balaban J connectivity index is 1.68. The molecular weight excluding hydrogens is 394 g/mol. The molecule has 0 aliphatic carbocycles. The molecule has 4 heteroatoms. The first kappa shape index (κ1) is 20.5. The summed E-state index contributed by atoms with van der Waals surface area (Å²) in [6, 6.07) is 25.8. The van der Waals surface area contributed by atoms with Crippen LogP contribution in [0.3, 0.4) is 0 Å². The van der Waals surface area contributed by atoms with Crippen molar-refractivity contribution in [3.8, 4) is 5.75 Å². The number of halogens is 1. The number of carbonyl (C=O) groups excluding carboxylic acids is 1. The Hall–Kier alpha value is -2.78. The molecule has 1 aliphatic rings. The van der Waals surface area contributed by atoms with Crippen LogP contribution >= 0.6 is 11.6 Å². The molecule has 3 aromatic carbocycles. The topological polar surface area (TPSA) is 29.5 Å². The average Bonchev–Trinajstić information content (AvgIpc) is 2.73.